The van der Waals surface area contributed by atoms with Gasteiger partial charge in [-0.2, -0.15) is 5.26 Å². The lowest BCUT2D eigenvalue weighted by Crippen LogP contribution is -2.43. The first kappa shape index (κ1) is 12.9. The van der Waals surface area contributed by atoms with Crippen LogP contribution < -0.4 is 0 Å². The molecule has 8 nitrogen and oxygen atoms in total. The Morgan fingerprint density at radius 1 is 1.47 bits per heavy atom. The van der Waals surface area contributed by atoms with E-state index in [-0.39, 0.29) is 11.4 Å². The van der Waals surface area contributed by atoms with E-state index in [9.17, 15) is 14.9 Å². The highest BCUT2D eigenvalue weighted by molar-refractivity contribution is 6.31. The lowest BCUT2D eigenvalue weighted by Gasteiger charge is -2.30. The molecular formula is C11H11N3O5. The van der Waals surface area contributed by atoms with Crippen LogP contribution in [0.25, 0.3) is 0 Å². The van der Waals surface area contributed by atoms with Crippen LogP contribution in [0, 0.1) is 11.3 Å². The Hall–Kier alpha value is -2.56. The van der Waals surface area contributed by atoms with Gasteiger partial charge in [0.05, 0.1) is 5.57 Å². The van der Waals surface area contributed by atoms with Gasteiger partial charge < -0.3 is 19.2 Å². The summed E-state index contributed by atoms with van der Waals surface area (Å²) < 4.78 is 9.54. The maximum Gasteiger partial charge on any atom is 0.421 e. The Bertz CT molecular complexity index is 515. The Balaban J connectivity index is 2.46. The SMILES string of the molecule is CO/N=C1/C(C2(C#N)OC(=O)C(=O)O2)=CCCN1C. The number of cyclic esters (lactones) is 2. The van der Waals surface area contributed by atoms with Crippen LogP contribution >= 0.6 is 0 Å². The first-order chi connectivity index (χ1) is 9.04. The number of hydrogen-bond acceptors (Lipinski definition) is 7. The molecule has 100 valence electrons. The maximum atomic E-state index is 11.2. The highest BCUT2D eigenvalue weighted by Crippen LogP contribution is 2.32. The summed E-state index contributed by atoms with van der Waals surface area (Å²) in [6.45, 7) is 0.648. The minimum absolute atomic E-state index is 0.185. The van der Waals surface area contributed by atoms with Gasteiger partial charge in [0.25, 0.3) is 0 Å². The van der Waals surface area contributed by atoms with E-state index in [0.717, 1.165) is 0 Å². The van der Waals surface area contributed by atoms with E-state index in [1.807, 2.05) is 0 Å². The number of ether oxygens (including phenoxy) is 2. The predicted octanol–water partition coefficient (Wildman–Crippen LogP) is -0.472. The number of likely N-dealkylation sites (N-methyl/N-ethyl adjacent to an activating group) is 1. The lowest BCUT2D eigenvalue weighted by atomic mass is 10.0. The fourth-order valence-corrected chi connectivity index (χ4v) is 1.87. The van der Waals surface area contributed by atoms with Gasteiger partial charge in [0, 0.05) is 13.6 Å². The summed E-state index contributed by atoms with van der Waals surface area (Å²) in [5.41, 5.74) is 0.185. The van der Waals surface area contributed by atoms with Crippen molar-refractivity contribution in [3.63, 3.8) is 0 Å². The molecule has 19 heavy (non-hydrogen) atoms. The van der Waals surface area contributed by atoms with Crippen molar-refractivity contribution in [3.05, 3.63) is 11.6 Å². The molecule has 0 aliphatic carbocycles. The van der Waals surface area contributed by atoms with Gasteiger partial charge in [-0.25, -0.2) is 9.59 Å². The first-order valence-electron chi connectivity index (χ1n) is 5.45. The van der Waals surface area contributed by atoms with Crippen LogP contribution in [0.5, 0.6) is 0 Å². The highest BCUT2D eigenvalue weighted by Gasteiger charge is 2.55. The molecule has 0 unspecified atom stereocenters. The van der Waals surface area contributed by atoms with Gasteiger partial charge >= 0.3 is 17.7 Å². The van der Waals surface area contributed by atoms with Crippen molar-refractivity contribution >= 4 is 17.8 Å². The summed E-state index contributed by atoms with van der Waals surface area (Å²) >= 11 is 0. The minimum atomic E-state index is -2.08. The van der Waals surface area contributed by atoms with Crippen LogP contribution in [0.15, 0.2) is 16.8 Å². The molecule has 8 heteroatoms. The maximum absolute atomic E-state index is 11.2. The number of carbonyl (C=O) groups excluding carboxylic acids is 2. The zero-order valence-corrected chi connectivity index (χ0v) is 10.4. The molecule has 0 atom stereocenters. The molecule has 2 aliphatic rings. The normalized spacial score (nSPS) is 23.5. The molecule has 2 aliphatic heterocycles. The van der Waals surface area contributed by atoms with E-state index in [2.05, 4.69) is 5.16 Å². The zero-order chi connectivity index (χ0) is 14.0. The number of nitriles is 1. The zero-order valence-electron chi connectivity index (χ0n) is 10.4. The standard InChI is InChI=1S/C11H11N3O5/c1-14-5-3-4-7(8(14)13-17-2)11(6-12)18-9(15)10(16)19-11/h4H,3,5H2,1-2H3/b13-8-. The van der Waals surface area contributed by atoms with Crippen molar-refractivity contribution in [1.82, 2.24) is 4.90 Å². The van der Waals surface area contributed by atoms with Crippen LogP contribution in [0.1, 0.15) is 6.42 Å². The number of oxime groups is 1. The number of carbonyl (C=O) groups is 2. The van der Waals surface area contributed by atoms with Gasteiger partial charge in [0.1, 0.15) is 7.11 Å². The van der Waals surface area contributed by atoms with Crippen LogP contribution in [-0.4, -0.2) is 49.2 Å². The second kappa shape index (κ2) is 4.61. The Morgan fingerprint density at radius 3 is 2.63 bits per heavy atom. The quantitative estimate of drug-likeness (QED) is 0.378. The average Bonchev–Trinajstić information content (AvgIpc) is 2.69. The average molecular weight is 265 g/mol. The number of rotatable bonds is 2. The first-order valence-corrected chi connectivity index (χ1v) is 5.45. The van der Waals surface area contributed by atoms with Crippen LogP contribution in [0.3, 0.4) is 0 Å². The highest BCUT2D eigenvalue weighted by atomic mass is 16.8. The summed E-state index contributed by atoms with van der Waals surface area (Å²) in [6, 6.07) is 1.70. The third kappa shape index (κ3) is 1.99. The molecule has 0 bridgehead atoms. The van der Waals surface area contributed by atoms with Crippen molar-refractivity contribution in [2.24, 2.45) is 5.16 Å². The largest absolute Gasteiger partial charge is 0.421 e. The summed E-state index contributed by atoms with van der Waals surface area (Å²) in [4.78, 5) is 28.8. The lowest BCUT2D eigenvalue weighted by molar-refractivity contribution is -0.150. The van der Waals surface area contributed by atoms with E-state index in [0.29, 0.717) is 13.0 Å². The summed E-state index contributed by atoms with van der Waals surface area (Å²) in [7, 11) is 3.08. The van der Waals surface area contributed by atoms with Crippen molar-refractivity contribution < 1.29 is 23.9 Å². The molecule has 1 fully saturated rings. The Morgan fingerprint density at radius 2 is 2.11 bits per heavy atom. The summed E-state index contributed by atoms with van der Waals surface area (Å²) in [5.74, 6) is -4.21. The minimum Gasteiger partial charge on any atom is -0.397 e. The molecule has 0 radical (unpaired) electrons. The van der Waals surface area contributed by atoms with Gasteiger partial charge in [-0.1, -0.05) is 11.2 Å². The number of amidine groups is 1. The van der Waals surface area contributed by atoms with Gasteiger partial charge in [-0.15, -0.1) is 0 Å². The topological polar surface area (TPSA) is 101 Å². The van der Waals surface area contributed by atoms with E-state index in [1.165, 1.54) is 7.11 Å². The molecule has 0 aromatic heterocycles. The molecule has 0 aromatic carbocycles. The second-order valence-corrected chi connectivity index (χ2v) is 3.93. The van der Waals surface area contributed by atoms with Gasteiger partial charge in [-0.3, -0.25) is 0 Å². The van der Waals surface area contributed by atoms with Gasteiger partial charge in [0.15, 0.2) is 11.9 Å². The third-order valence-electron chi connectivity index (χ3n) is 2.73. The fourth-order valence-electron chi connectivity index (χ4n) is 1.87. The predicted molar refractivity (Wildman–Crippen MR) is 60.3 cm³/mol. The molecular weight excluding hydrogens is 254 g/mol. The van der Waals surface area contributed by atoms with Crippen molar-refractivity contribution in [1.29, 1.82) is 5.26 Å². The fraction of sp³-hybridized carbons (Fsp3) is 0.455. The van der Waals surface area contributed by atoms with Crippen molar-refractivity contribution in [2.75, 3.05) is 20.7 Å². The molecule has 2 rings (SSSR count). The van der Waals surface area contributed by atoms with Crippen LogP contribution in [-0.2, 0) is 23.9 Å². The molecule has 1 saturated heterocycles. The Labute approximate surface area is 108 Å². The van der Waals surface area contributed by atoms with Crippen LogP contribution in [0.2, 0.25) is 0 Å². The van der Waals surface area contributed by atoms with Crippen molar-refractivity contribution in [3.8, 4) is 6.07 Å². The van der Waals surface area contributed by atoms with E-state index < -0.39 is 17.7 Å². The number of esters is 2. The molecule has 0 N–H and O–H groups in total. The molecule has 0 saturated carbocycles. The Kier molecular flexibility index (Phi) is 3.12. The van der Waals surface area contributed by atoms with E-state index in [1.54, 1.807) is 24.1 Å². The second-order valence-electron chi connectivity index (χ2n) is 3.93. The smallest absolute Gasteiger partial charge is 0.397 e. The molecule has 0 spiro atoms. The third-order valence-corrected chi connectivity index (χ3v) is 2.73. The van der Waals surface area contributed by atoms with Crippen LogP contribution in [0.4, 0.5) is 0 Å². The molecule has 2 heterocycles. The van der Waals surface area contributed by atoms with Gasteiger partial charge in [-0.05, 0) is 6.42 Å². The number of nitrogens with zero attached hydrogens (tertiary/aromatic N) is 3. The van der Waals surface area contributed by atoms with Crippen molar-refractivity contribution in [2.45, 2.75) is 12.2 Å². The van der Waals surface area contributed by atoms with E-state index >= 15 is 0 Å². The summed E-state index contributed by atoms with van der Waals surface area (Å²) in [5, 5.41) is 13.0. The number of hydrogen-bond donors (Lipinski definition) is 0. The molecule has 0 aromatic rings. The van der Waals surface area contributed by atoms with Gasteiger partial charge in [0.2, 0.25) is 0 Å². The van der Waals surface area contributed by atoms with E-state index in [4.69, 9.17) is 14.3 Å². The summed E-state index contributed by atoms with van der Waals surface area (Å²) in [6.07, 6.45) is 2.22. The molecule has 0 amide bonds. The monoisotopic (exact) mass is 265 g/mol.